The zero-order valence-electron chi connectivity index (χ0n) is 10.4. The van der Waals surface area contributed by atoms with Gasteiger partial charge in [-0.15, -0.1) is 11.3 Å². The molecule has 2 heterocycles. The second-order valence-corrected chi connectivity index (χ2v) is 6.33. The van der Waals surface area contributed by atoms with Gasteiger partial charge in [0.15, 0.2) is 11.6 Å². The summed E-state index contributed by atoms with van der Waals surface area (Å²) in [4.78, 5) is 10.9. The fraction of sp³-hybridized carbons (Fsp3) is 0.0769. The van der Waals surface area contributed by atoms with Crippen molar-refractivity contribution in [1.82, 2.24) is 9.97 Å². The van der Waals surface area contributed by atoms with Gasteiger partial charge in [0.05, 0.1) is 9.86 Å². The summed E-state index contributed by atoms with van der Waals surface area (Å²) in [6, 6.07) is 6.65. The summed E-state index contributed by atoms with van der Waals surface area (Å²) in [6.45, 7) is 2.00. The monoisotopic (exact) mass is 352 g/mol. The number of aromatic nitrogens is 2. The molecule has 4 nitrogen and oxygen atoms in total. The summed E-state index contributed by atoms with van der Waals surface area (Å²) in [5.41, 5.74) is 3.31. The lowest BCUT2D eigenvalue weighted by molar-refractivity contribution is 0.621. The quantitative estimate of drug-likeness (QED) is 0.543. The molecule has 0 spiro atoms. The molecule has 0 aliphatic rings. The van der Waals surface area contributed by atoms with Crippen molar-refractivity contribution in [2.45, 2.75) is 6.92 Å². The van der Waals surface area contributed by atoms with Crippen molar-refractivity contribution < 1.29 is 4.39 Å². The standard InChI is InChI=1S/C13H10BrFN4S/c1-6-4-8-12(19-16)17-11(18-13(8)20-6)7-2-3-10(15)9(14)5-7/h2-5H,16H2,1H3,(H,17,18,19). The van der Waals surface area contributed by atoms with Gasteiger partial charge in [-0.1, -0.05) is 0 Å². The molecule has 0 fully saturated rings. The van der Waals surface area contributed by atoms with Gasteiger partial charge in [-0.2, -0.15) is 0 Å². The van der Waals surface area contributed by atoms with Crippen LogP contribution in [0.3, 0.4) is 0 Å². The Morgan fingerprint density at radius 3 is 2.80 bits per heavy atom. The fourth-order valence-electron chi connectivity index (χ4n) is 1.92. The number of nitrogens with one attached hydrogen (secondary N) is 1. The number of nitrogen functional groups attached to an aromatic ring is 1. The van der Waals surface area contributed by atoms with Crippen molar-refractivity contribution in [3.05, 3.63) is 39.4 Å². The minimum atomic E-state index is -0.320. The Balaban J connectivity index is 2.22. The lowest BCUT2D eigenvalue weighted by Crippen LogP contribution is -2.09. The van der Waals surface area contributed by atoms with E-state index in [1.165, 1.54) is 6.07 Å². The Kier molecular flexibility index (Phi) is 3.41. The van der Waals surface area contributed by atoms with E-state index >= 15 is 0 Å². The van der Waals surface area contributed by atoms with Crippen molar-refractivity contribution in [3.8, 4) is 11.4 Å². The van der Waals surface area contributed by atoms with E-state index in [9.17, 15) is 4.39 Å². The molecule has 0 aliphatic carbocycles. The number of nitrogens with two attached hydrogens (primary N) is 1. The Morgan fingerprint density at radius 1 is 1.30 bits per heavy atom. The SMILES string of the molecule is Cc1cc2c(NN)nc(-c3ccc(F)c(Br)c3)nc2s1. The van der Waals surface area contributed by atoms with Gasteiger partial charge in [0.2, 0.25) is 0 Å². The van der Waals surface area contributed by atoms with Crippen LogP contribution in [0.2, 0.25) is 0 Å². The average molecular weight is 353 g/mol. The minimum Gasteiger partial charge on any atom is -0.308 e. The molecule has 0 saturated carbocycles. The first kappa shape index (κ1) is 13.4. The van der Waals surface area contributed by atoms with Gasteiger partial charge in [0.1, 0.15) is 10.6 Å². The van der Waals surface area contributed by atoms with Crippen LogP contribution in [-0.2, 0) is 0 Å². The Morgan fingerprint density at radius 2 is 2.10 bits per heavy atom. The molecule has 0 atom stereocenters. The number of hydrogen-bond acceptors (Lipinski definition) is 5. The lowest BCUT2D eigenvalue weighted by Gasteiger charge is -2.06. The molecule has 0 aliphatic heterocycles. The summed E-state index contributed by atoms with van der Waals surface area (Å²) in [6.07, 6.45) is 0. The highest BCUT2D eigenvalue weighted by molar-refractivity contribution is 9.10. The molecule has 3 rings (SSSR count). The highest BCUT2D eigenvalue weighted by Crippen LogP contribution is 2.31. The molecule has 20 heavy (non-hydrogen) atoms. The number of nitrogens with zero attached hydrogens (tertiary/aromatic N) is 2. The van der Waals surface area contributed by atoms with E-state index in [0.717, 1.165) is 20.7 Å². The van der Waals surface area contributed by atoms with Gasteiger partial charge < -0.3 is 5.43 Å². The van der Waals surface area contributed by atoms with Gasteiger partial charge in [-0.3, -0.25) is 0 Å². The third-order valence-corrected chi connectivity index (χ3v) is 4.38. The summed E-state index contributed by atoms with van der Waals surface area (Å²) in [5.74, 6) is 6.27. The predicted molar refractivity (Wildman–Crippen MR) is 83.1 cm³/mol. The number of halogens is 2. The Hall–Kier alpha value is -1.57. The fourth-order valence-corrected chi connectivity index (χ4v) is 3.17. The zero-order valence-corrected chi connectivity index (χ0v) is 12.8. The normalized spacial score (nSPS) is 11.0. The molecule has 0 radical (unpaired) electrons. The van der Waals surface area contributed by atoms with Crippen LogP contribution in [0.5, 0.6) is 0 Å². The number of benzene rings is 1. The molecule has 0 amide bonds. The van der Waals surface area contributed by atoms with Gasteiger partial charge in [-0.25, -0.2) is 20.2 Å². The summed E-state index contributed by atoms with van der Waals surface area (Å²) >= 11 is 4.73. The van der Waals surface area contributed by atoms with Gasteiger partial charge in [0.25, 0.3) is 0 Å². The first-order valence-corrected chi connectivity index (χ1v) is 7.39. The zero-order chi connectivity index (χ0) is 14.3. The maximum Gasteiger partial charge on any atom is 0.163 e. The third kappa shape index (κ3) is 2.28. The molecule has 0 unspecified atom stereocenters. The highest BCUT2D eigenvalue weighted by atomic mass is 79.9. The number of anilines is 1. The van der Waals surface area contributed by atoms with Gasteiger partial charge in [0, 0.05) is 10.4 Å². The topological polar surface area (TPSA) is 63.8 Å². The number of thiophene rings is 1. The number of rotatable bonds is 2. The maximum atomic E-state index is 13.3. The van der Waals surface area contributed by atoms with E-state index in [0.29, 0.717) is 16.1 Å². The van der Waals surface area contributed by atoms with Crippen molar-refractivity contribution in [2.24, 2.45) is 5.84 Å². The van der Waals surface area contributed by atoms with Crippen LogP contribution in [0, 0.1) is 12.7 Å². The number of aryl methyl sites for hydroxylation is 1. The Labute approximate surface area is 127 Å². The van der Waals surface area contributed by atoms with E-state index < -0.39 is 0 Å². The smallest absolute Gasteiger partial charge is 0.163 e. The molecule has 1 aromatic carbocycles. The summed E-state index contributed by atoms with van der Waals surface area (Å²) in [7, 11) is 0. The summed E-state index contributed by atoms with van der Waals surface area (Å²) < 4.78 is 13.7. The van der Waals surface area contributed by atoms with E-state index in [1.54, 1.807) is 23.5 Å². The largest absolute Gasteiger partial charge is 0.308 e. The van der Waals surface area contributed by atoms with Crippen molar-refractivity contribution in [3.63, 3.8) is 0 Å². The molecule has 2 aromatic heterocycles. The number of hydrogen-bond donors (Lipinski definition) is 2. The van der Waals surface area contributed by atoms with Crippen LogP contribution in [0.15, 0.2) is 28.7 Å². The van der Waals surface area contributed by atoms with Crippen molar-refractivity contribution >= 4 is 43.3 Å². The van der Waals surface area contributed by atoms with E-state index in [1.807, 2.05) is 13.0 Å². The molecule has 0 saturated heterocycles. The van der Waals surface area contributed by atoms with Crippen molar-refractivity contribution in [1.29, 1.82) is 0 Å². The van der Waals surface area contributed by atoms with Crippen LogP contribution in [0.25, 0.3) is 21.6 Å². The maximum absolute atomic E-state index is 13.3. The van der Waals surface area contributed by atoms with Crippen LogP contribution in [0.4, 0.5) is 10.2 Å². The van der Waals surface area contributed by atoms with Crippen LogP contribution in [0.1, 0.15) is 4.88 Å². The first-order valence-electron chi connectivity index (χ1n) is 5.78. The van der Waals surface area contributed by atoms with E-state index in [2.05, 4.69) is 31.3 Å². The number of hydrazine groups is 1. The lowest BCUT2D eigenvalue weighted by atomic mass is 10.2. The molecular weight excluding hydrogens is 343 g/mol. The molecular formula is C13H10BrFN4S. The molecule has 102 valence electrons. The van der Waals surface area contributed by atoms with Crippen LogP contribution < -0.4 is 11.3 Å². The predicted octanol–water partition coefficient (Wildman–Crippen LogP) is 3.85. The molecule has 3 N–H and O–H groups in total. The van der Waals surface area contributed by atoms with Gasteiger partial charge in [-0.05, 0) is 47.1 Å². The number of fused-ring (bicyclic) bond motifs is 1. The Bertz CT molecular complexity index is 802. The van der Waals surface area contributed by atoms with Crippen LogP contribution in [-0.4, -0.2) is 9.97 Å². The van der Waals surface area contributed by atoms with E-state index in [-0.39, 0.29) is 5.82 Å². The second kappa shape index (κ2) is 5.08. The minimum absolute atomic E-state index is 0.320. The molecule has 0 bridgehead atoms. The second-order valence-electron chi connectivity index (χ2n) is 4.24. The van der Waals surface area contributed by atoms with Gasteiger partial charge >= 0.3 is 0 Å². The van der Waals surface area contributed by atoms with E-state index in [4.69, 9.17) is 5.84 Å². The molecule has 7 heteroatoms. The van der Waals surface area contributed by atoms with Crippen molar-refractivity contribution in [2.75, 3.05) is 5.43 Å². The van der Waals surface area contributed by atoms with Crippen LogP contribution >= 0.6 is 27.3 Å². The highest BCUT2D eigenvalue weighted by Gasteiger charge is 2.12. The molecule has 3 aromatic rings. The average Bonchev–Trinajstić information content (AvgIpc) is 2.80. The summed E-state index contributed by atoms with van der Waals surface area (Å²) in [5, 5.41) is 0.889. The first-order chi connectivity index (χ1) is 9.58. The third-order valence-electron chi connectivity index (χ3n) is 2.83.